The second kappa shape index (κ2) is 5.65. The molecule has 1 amide bonds. The molecule has 21 heavy (non-hydrogen) atoms. The molecule has 1 aliphatic carbocycles. The Bertz CT molecular complexity index is 666. The molecule has 3 N–H and O–H groups in total. The second-order valence-corrected chi connectivity index (χ2v) is 7.03. The number of primary sulfonamides is 1. The van der Waals surface area contributed by atoms with Crippen molar-refractivity contribution in [2.75, 3.05) is 12.4 Å². The monoisotopic (exact) mass is 312 g/mol. The summed E-state index contributed by atoms with van der Waals surface area (Å²) in [5, 5.41) is 7.95. The number of amides is 1. The number of carbonyl (C=O) groups excluding carboxylic acids is 1. The van der Waals surface area contributed by atoms with Gasteiger partial charge in [-0.15, -0.1) is 0 Å². The van der Waals surface area contributed by atoms with Gasteiger partial charge in [0.25, 0.3) is 0 Å². The van der Waals surface area contributed by atoms with E-state index in [1.807, 2.05) is 6.92 Å². The average Bonchev–Trinajstić information content (AvgIpc) is 3.20. The number of nitrogens with one attached hydrogen (secondary N) is 1. The van der Waals surface area contributed by atoms with Crippen molar-refractivity contribution in [3.8, 4) is 5.75 Å². The van der Waals surface area contributed by atoms with Crippen LogP contribution in [0.5, 0.6) is 5.75 Å². The zero-order chi connectivity index (χ0) is 15.8. The summed E-state index contributed by atoms with van der Waals surface area (Å²) in [5.74, 6) is 0.243. The molecule has 1 aliphatic rings. The maximum Gasteiger partial charge on any atom is 0.241 e. The molecule has 1 saturated carbocycles. The SMILES string of the molecule is COc1c(NC(=O)C(C)C2CC2)cc(C)cc1S(N)(=O)=O. The van der Waals surface area contributed by atoms with Crippen LogP contribution in [0.4, 0.5) is 5.69 Å². The van der Waals surface area contributed by atoms with Crippen LogP contribution in [0.15, 0.2) is 17.0 Å². The van der Waals surface area contributed by atoms with Gasteiger partial charge in [-0.2, -0.15) is 0 Å². The summed E-state index contributed by atoms with van der Waals surface area (Å²) in [6, 6.07) is 3.10. The Labute approximate surface area is 124 Å². The first-order chi connectivity index (χ1) is 9.74. The van der Waals surface area contributed by atoms with Gasteiger partial charge in [0.15, 0.2) is 5.75 Å². The Kier molecular flexibility index (Phi) is 4.25. The second-order valence-electron chi connectivity index (χ2n) is 5.50. The number of ether oxygens (including phenoxy) is 1. The minimum Gasteiger partial charge on any atom is -0.493 e. The minimum atomic E-state index is -3.93. The molecule has 0 saturated heterocycles. The van der Waals surface area contributed by atoms with E-state index < -0.39 is 10.0 Å². The molecule has 1 aromatic rings. The lowest BCUT2D eigenvalue weighted by molar-refractivity contribution is -0.119. The van der Waals surface area contributed by atoms with Gasteiger partial charge >= 0.3 is 0 Å². The van der Waals surface area contributed by atoms with Gasteiger partial charge < -0.3 is 10.1 Å². The molecule has 0 radical (unpaired) electrons. The molecule has 1 atom stereocenters. The fourth-order valence-corrected chi connectivity index (χ4v) is 3.11. The smallest absolute Gasteiger partial charge is 0.241 e. The topological polar surface area (TPSA) is 98.5 Å². The number of aryl methyl sites for hydroxylation is 1. The number of rotatable bonds is 5. The summed E-state index contributed by atoms with van der Waals surface area (Å²) >= 11 is 0. The lowest BCUT2D eigenvalue weighted by Crippen LogP contribution is -2.23. The highest BCUT2D eigenvalue weighted by atomic mass is 32.2. The predicted molar refractivity (Wildman–Crippen MR) is 79.6 cm³/mol. The highest BCUT2D eigenvalue weighted by Crippen LogP contribution is 2.38. The van der Waals surface area contributed by atoms with Crippen LogP contribution in [-0.2, 0) is 14.8 Å². The van der Waals surface area contributed by atoms with Crippen molar-refractivity contribution in [2.24, 2.45) is 17.0 Å². The van der Waals surface area contributed by atoms with Crippen LogP contribution >= 0.6 is 0 Å². The Morgan fingerprint density at radius 2 is 2.05 bits per heavy atom. The van der Waals surface area contributed by atoms with E-state index in [1.165, 1.54) is 13.2 Å². The van der Waals surface area contributed by atoms with Crippen molar-refractivity contribution in [1.29, 1.82) is 0 Å². The maximum absolute atomic E-state index is 12.2. The summed E-state index contributed by atoms with van der Waals surface area (Å²) in [4.78, 5) is 12.1. The normalized spacial score (nSPS) is 16.4. The van der Waals surface area contributed by atoms with Gasteiger partial charge in [-0.1, -0.05) is 6.92 Å². The number of hydrogen-bond acceptors (Lipinski definition) is 4. The third-order valence-electron chi connectivity index (χ3n) is 3.71. The molecule has 0 aliphatic heterocycles. The zero-order valence-electron chi connectivity index (χ0n) is 12.3. The van der Waals surface area contributed by atoms with Gasteiger partial charge in [0.2, 0.25) is 15.9 Å². The van der Waals surface area contributed by atoms with Crippen molar-refractivity contribution in [1.82, 2.24) is 0 Å². The van der Waals surface area contributed by atoms with Crippen molar-refractivity contribution < 1.29 is 17.9 Å². The molecule has 1 unspecified atom stereocenters. The fraction of sp³-hybridized carbons (Fsp3) is 0.500. The largest absolute Gasteiger partial charge is 0.493 e. The number of nitrogens with two attached hydrogens (primary N) is 1. The van der Waals surface area contributed by atoms with Crippen LogP contribution in [0.2, 0.25) is 0 Å². The predicted octanol–water partition coefficient (Wildman–Crippen LogP) is 1.64. The fourth-order valence-electron chi connectivity index (χ4n) is 2.31. The standard InChI is InChI=1S/C14H20N2O4S/c1-8-6-11(16-14(17)9(2)10-4-5-10)13(20-3)12(7-8)21(15,18)19/h6-7,9-10H,4-5H2,1-3H3,(H,16,17)(H2,15,18,19). The van der Waals surface area contributed by atoms with Crippen LogP contribution in [0, 0.1) is 18.8 Å². The van der Waals surface area contributed by atoms with Gasteiger partial charge in [-0.25, -0.2) is 13.6 Å². The third-order valence-corrected chi connectivity index (χ3v) is 4.63. The first kappa shape index (κ1) is 15.8. The Morgan fingerprint density at radius 1 is 1.43 bits per heavy atom. The zero-order valence-corrected chi connectivity index (χ0v) is 13.2. The molecule has 0 aromatic heterocycles. The van der Waals surface area contributed by atoms with Crippen LogP contribution in [0.1, 0.15) is 25.3 Å². The molecule has 2 rings (SSSR count). The molecule has 0 heterocycles. The summed E-state index contributed by atoms with van der Waals surface area (Å²) in [7, 11) is -2.58. The highest BCUT2D eigenvalue weighted by molar-refractivity contribution is 7.89. The number of sulfonamides is 1. The molecular formula is C14H20N2O4S. The molecule has 1 fully saturated rings. The molecule has 0 bridgehead atoms. The first-order valence-corrected chi connectivity index (χ1v) is 8.31. The van der Waals surface area contributed by atoms with E-state index in [0.717, 1.165) is 12.8 Å². The molecule has 6 nitrogen and oxygen atoms in total. The van der Waals surface area contributed by atoms with Crippen molar-refractivity contribution in [3.05, 3.63) is 17.7 Å². The van der Waals surface area contributed by atoms with Crippen LogP contribution in [0.3, 0.4) is 0 Å². The Hall–Kier alpha value is -1.60. The minimum absolute atomic E-state index is 0.0689. The van der Waals surface area contributed by atoms with Crippen LogP contribution < -0.4 is 15.2 Å². The van der Waals surface area contributed by atoms with Gasteiger partial charge in [0.05, 0.1) is 12.8 Å². The average molecular weight is 312 g/mol. The summed E-state index contributed by atoms with van der Waals surface area (Å²) in [5.41, 5.74) is 1.01. The highest BCUT2D eigenvalue weighted by Gasteiger charge is 2.33. The van der Waals surface area contributed by atoms with E-state index in [4.69, 9.17) is 9.88 Å². The van der Waals surface area contributed by atoms with E-state index >= 15 is 0 Å². The lowest BCUT2D eigenvalue weighted by Gasteiger charge is -2.16. The summed E-state index contributed by atoms with van der Waals surface area (Å²) < 4.78 is 28.4. The van der Waals surface area contributed by atoms with Crippen LogP contribution in [0.25, 0.3) is 0 Å². The quantitative estimate of drug-likeness (QED) is 0.863. The number of hydrogen-bond donors (Lipinski definition) is 2. The number of methoxy groups -OCH3 is 1. The van der Waals surface area contributed by atoms with Gasteiger partial charge in [0, 0.05) is 5.92 Å². The van der Waals surface area contributed by atoms with Gasteiger partial charge in [-0.3, -0.25) is 4.79 Å². The van der Waals surface area contributed by atoms with E-state index in [0.29, 0.717) is 17.2 Å². The summed E-state index contributed by atoms with van der Waals surface area (Å²) in [6.45, 7) is 3.60. The molecule has 7 heteroatoms. The van der Waals surface area contributed by atoms with Gasteiger partial charge in [0.1, 0.15) is 4.90 Å². The number of benzene rings is 1. The van der Waals surface area contributed by atoms with Crippen molar-refractivity contribution in [2.45, 2.75) is 31.6 Å². The van der Waals surface area contributed by atoms with Crippen molar-refractivity contribution >= 4 is 21.6 Å². The first-order valence-electron chi connectivity index (χ1n) is 6.76. The lowest BCUT2D eigenvalue weighted by atomic mass is 10.1. The maximum atomic E-state index is 12.2. The molecule has 116 valence electrons. The summed E-state index contributed by atoms with van der Waals surface area (Å²) in [6.07, 6.45) is 2.12. The molecule has 0 spiro atoms. The van der Waals surface area contributed by atoms with Crippen LogP contribution in [-0.4, -0.2) is 21.4 Å². The number of carbonyl (C=O) groups is 1. The van der Waals surface area contributed by atoms with Gasteiger partial charge in [-0.05, 0) is 43.4 Å². The molecular weight excluding hydrogens is 292 g/mol. The Morgan fingerprint density at radius 3 is 2.52 bits per heavy atom. The van der Waals surface area contributed by atoms with E-state index in [2.05, 4.69) is 5.32 Å². The van der Waals surface area contributed by atoms with E-state index in [9.17, 15) is 13.2 Å². The Balaban J connectivity index is 2.38. The molecule has 1 aromatic carbocycles. The third kappa shape index (κ3) is 3.54. The van der Waals surface area contributed by atoms with Crippen molar-refractivity contribution in [3.63, 3.8) is 0 Å². The number of anilines is 1. The van der Waals surface area contributed by atoms with E-state index in [1.54, 1.807) is 13.0 Å². The van der Waals surface area contributed by atoms with E-state index in [-0.39, 0.29) is 22.5 Å².